The van der Waals surface area contributed by atoms with Crippen LogP contribution in [-0.2, 0) is 4.74 Å². The number of nitrogens with two attached hydrogens (primary N) is 1. The number of ether oxygens (including phenoxy) is 1. The summed E-state index contributed by atoms with van der Waals surface area (Å²) in [5, 5.41) is 0. The molecule has 0 radical (unpaired) electrons. The van der Waals surface area contributed by atoms with Crippen molar-refractivity contribution in [3.05, 3.63) is 0 Å². The van der Waals surface area contributed by atoms with Gasteiger partial charge in [-0.15, -0.1) is 0 Å². The zero-order chi connectivity index (χ0) is 12.7. The molecule has 1 saturated heterocycles. The van der Waals surface area contributed by atoms with Crippen molar-refractivity contribution < 1.29 is 4.74 Å². The first-order valence-corrected chi connectivity index (χ1v) is 7.02. The first-order chi connectivity index (χ1) is 7.89. The highest BCUT2D eigenvalue weighted by molar-refractivity contribution is 5.15. The molecular formula is C14H28N2O. The van der Waals surface area contributed by atoms with Gasteiger partial charge >= 0.3 is 0 Å². The molecule has 1 aliphatic heterocycles. The van der Waals surface area contributed by atoms with Crippen LogP contribution in [0.25, 0.3) is 0 Å². The molecule has 0 amide bonds. The van der Waals surface area contributed by atoms with E-state index in [0.29, 0.717) is 6.10 Å². The quantitative estimate of drug-likeness (QED) is 0.815. The summed E-state index contributed by atoms with van der Waals surface area (Å²) in [7, 11) is 0. The highest BCUT2D eigenvalue weighted by Gasteiger charge is 2.58. The number of rotatable bonds is 4. The van der Waals surface area contributed by atoms with Crippen LogP contribution in [0.1, 0.15) is 40.5 Å². The number of hydrogen-bond donors (Lipinski definition) is 1. The Kier molecular flexibility index (Phi) is 3.54. The van der Waals surface area contributed by atoms with Gasteiger partial charge in [0.2, 0.25) is 0 Å². The molecular weight excluding hydrogens is 212 g/mol. The Bertz CT molecular complexity index is 279. The van der Waals surface area contributed by atoms with Gasteiger partial charge in [0.15, 0.2) is 0 Å². The molecule has 2 fully saturated rings. The fourth-order valence-electron chi connectivity index (χ4n) is 3.34. The summed E-state index contributed by atoms with van der Waals surface area (Å²) in [6.45, 7) is 13.2. The van der Waals surface area contributed by atoms with E-state index in [1.165, 1.54) is 19.5 Å². The van der Waals surface area contributed by atoms with E-state index in [0.717, 1.165) is 25.5 Å². The molecule has 0 bridgehead atoms. The van der Waals surface area contributed by atoms with E-state index >= 15 is 0 Å². The number of likely N-dealkylation sites (tertiary alicyclic amines) is 1. The van der Waals surface area contributed by atoms with E-state index in [1.54, 1.807) is 0 Å². The second-order valence-electron chi connectivity index (χ2n) is 6.65. The van der Waals surface area contributed by atoms with Crippen LogP contribution in [0.2, 0.25) is 0 Å². The lowest BCUT2D eigenvalue weighted by Crippen LogP contribution is -2.73. The molecule has 17 heavy (non-hydrogen) atoms. The third kappa shape index (κ3) is 2.25. The average molecular weight is 240 g/mol. The standard InChI is InChI=1S/C14H28N2O/c1-5-17-12-8-14(15,13(12,3)4)10-16-7-6-11(2)9-16/h11-12H,5-10,15H2,1-4H3. The predicted octanol–water partition coefficient (Wildman–Crippen LogP) is 1.86. The minimum absolute atomic E-state index is 0.0586. The summed E-state index contributed by atoms with van der Waals surface area (Å²) in [5.74, 6) is 0.837. The van der Waals surface area contributed by atoms with Gasteiger partial charge in [0.1, 0.15) is 0 Å². The molecule has 0 aromatic heterocycles. The largest absolute Gasteiger partial charge is 0.378 e. The van der Waals surface area contributed by atoms with E-state index in [-0.39, 0.29) is 11.0 Å². The Morgan fingerprint density at radius 2 is 2.12 bits per heavy atom. The zero-order valence-corrected chi connectivity index (χ0v) is 11.8. The molecule has 3 atom stereocenters. The summed E-state index contributed by atoms with van der Waals surface area (Å²) < 4.78 is 5.78. The molecule has 2 N–H and O–H groups in total. The Morgan fingerprint density at radius 1 is 1.41 bits per heavy atom. The SMILES string of the molecule is CCOC1CC(N)(CN2CCC(C)C2)C1(C)C. The van der Waals surface area contributed by atoms with Crippen molar-refractivity contribution in [2.24, 2.45) is 17.1 Å². The van der Waals surface area contributed by atoms with Crippen LogP contribution in [-0.4, -0.2) is 42.8 Å². The number of hydrogen-bond acceptors (Lipinski definition) is 3. The smallest absolute Gasteiger partial charge is 0.0662 e. The molecule has 1 heterocycles. The monoisotopic (exact) mass is 240 g/mol. The van der Waals surface area contributed by atoms with Crippen LogP contribution < -0.4 is 5.73 Å². The minimum atomic E-state index is -0.0586. The maximum absolute atomic E-state index is 6.60. The van der Waals surface area contributed by atoms with Crippen molar-refractivity contribution >= 4 is 0 Å². The predicted molar refractivity (Wildman–Crippen MR) is 71.0 cm³/mol. The second kappa shape index (κ2) is 4.52. The summed E-state index contributed by atoms with van der Waals surface area (Å²) in [5.41, 5.74) is 6.65. The molecule has 1 saturated carbocycles. The number of nitrogens with zero attached hydrogens (tertiary/aromatic N) is 1. The Hall–Kier alpha value is -0.120. The van der Waals surface area contributed by atoms with Crippen LogP contribution in [0.5, 0.6) is 0 Å². The fourth-order valence-corrected chi connectivity index (χ4v) is 3.34. The molecule has 2 aliphatic rings. The summed E-state index contributed by atoms with van der Waals surface area (Å²) in [4.78, 5) is 2.54. The van der Waals surface area contributed by atoms with Gasteiger partial charge < -0.3 is 15.4 Å². The minimum Gasteiger partial charge on any atom is -0.378 e. The maximum Gasteiger partial charge on any atom is 0.0662 e. The molecule has 0 spiro atoms. The Morgan fingerprint density at radius 3 is 2.59 bits per heavy atom. The van der Waals surface area contributed by atoms with Gasteiger partial charge in [-0.1, -0.05) is 20.8 Å². The van der Waals surface area contributed by atoms with Crippen molar-refractivity contribution in [3.8, 4) is 0 Å². The topological polar surface area (TPSA) is 38.5 Å². The van der Waals surface area contributed by atoms with Crippen LogP contribution in [0.4, 0.5) is 0 Å². The second-order valence-corrected chi connectivity index (χ2v) is 6.65. The van der Waals surface area contributed by atoms with Crippen molar-refractivity contribution in [3.63, 3.8) is 0 Å². The summed E-state index contributed by atoms with van der Waals surface area (Å²) in [6.07, 6.45) is 2.68. The van der Waals surface area contributed by atoms with Gasteiger partial charge in [0, 0.05) is 30.7 Å². The summed E-state index contributed by atoms with van der Waals surface area (Å²) >= 11 is 0. The fraction of sp³-hybridized carbons (Fsp3) is 1.00. The Balaban J connectivity index is 1.92. The van der Waals surface area contributed by atoms with E-state index in [4.69, 9.17) is 10.5 Å². The van der Waals surface area contributed by atoms with Gasteiger partial charge in [0.05, 0.1) is 6.10 Å². The average Bonchev–Trinajstić information content (AvgIpc) is 2.63. The van der Waals surface area contributed by atoms with E-state index in [2.05, 4.69) is 32.6 Å². The molecule has 3 nitrogen and oxygen atoms in total. The van der Waals surface area contributed by atoms with E-state index in [1.807, 2.05) is 0 Å². The molecule has 0 aromatic carbocycles. The first-order valence-electron chi connectivity index (χ1n) is 7.02. The van der Waals surface area contributed by atoms with Crippen LogP contribution in [0, 0.1) is 11.3 Å². The molecule has 3 heteroatoms. The Labute approximate surface area is 106 Å². The third-order valence-electron chi connectivity index (χ3n) is 5.02. The van der Waals surface area contributed by atoms with Crippen LogP contribution in [0.15, 0.2) is 0 Å². The normalized spacial score (nSPS) is 41.5. The van der Waals surface area contributed by atoms with Crippen molar-refractivity contribution in [2.45, 2.75) is 52.2 Å². The molecule has 0 aromatic rings. The third-order valence-corrected chi connectivity index (χ3v) is 5.02. The lowest BCUT2D eigenvalue weighted by Gasteiger charge is -2.60. The van der Waals surface area contributed by atoms with Crippen molar-refractivity contribution in [1.29, 1.82) is 0 Å². The van der Waals surface area contributed by atoms with E-state index in [9.17, 15) is 0 Å². The maximum atomic E-state index is 6.60. The molecule has 1 aliphatic carbocycles. The van der Waals surface area contributed by atoms with Gasteiger partial charge in [-0.25, -0.2) is 0 Å². The molecule has 3 unspecified atom stereocenters. The van der Waals surface area contributed by atoms with Gasteiger partial charge in [-0.2, -0.15) is 0 Å². The van der Waals surface area contributed by atoms with Crippen molar-refractivity contribution in [2.75, 3.05) is 26.2 Å². The van der Waals surface area contributed by atoms with Crippen LogP contribution >= 0.6 is 0 Å². The highest BCUT2D eigenvalue weighted by atomic mass is 16.5. The highest BCUT2D eigenvalue weighted by Crippen LogP contribution is 2.50. The van der Waals surface area contributed by atoms with E-state index < -0.39 is 0 Å². The lowest BCUT2D eigenvalue weighted by atomic mass is 9.54. The lowest BCUT2D eigenvalue weighted by molar-refractivity contribution is -0.155. The van der Waals surface area contributed by atoms with Gasteiger partial charge in [0.25, 0.3) is 0 Å². The van der Waals surface area contributed by atoms with Crippen LogP contribution in [0.3, 0.4) is 0 Å². The summed E-state index contributed by atoms with van der Waals surface area (Å²) in [6, 6.07) is 0. The van der Waals surface area contributed by atoms with Gasteiger partial charge in [-0.05, 0) is 32.2 Å². The zero-order valence-electron chi connectivity index (χ0n) is 11.8. The molecule has 2 rings (SSSR count). The van der Waals surface area contributed by atoms with Gasteiger partial charge in [-0.3, -0.25) is 0 Å². The molecule has 100 valence electrons. The van der Waals surface area contributed by atoms with Crippen molar-refractivity contribution in [1.82, 2.24) is 4.90 Å². The first kappa shape index (κ1) is 13.3.